The number of fused-ring (bicyclic) bond motifs is 6. The first-order chi connectivity index (χ1) is 27.8. The number of thiophene rings is 1. The van der Waals surface area contributed by atoms with Crippen LogP contribution in [0.3, 0.4) is 0 Å². The van der Waals surface area contributed by atoms with Crippen molar-refractivity contribution in [3.63, 3.8) is 0 Å². The summed E-state index contributed by atoms with van der Waals surface area (Å²) in [6, 6.07) is 68.5. The minimum absolute atomic E-state index is 0.639. The summed E-state index contributed by atoms with van der Waals surface area (Å²) in [6.45, 7) is 0. The molecule has 11 aromatic rings. The molecule has 0 saturated carbocycles. The molecule has 0 fully saturated rings. The topological polar surface area (TPSA) is 43.6 Å². The number of benzene rings is 8. The van der Waals surface area contributed by atoms with Crippen molar-refractivity contribution in [3.05, 3.63) is 194 Å². The van der Waals surface area contributed by atoms with E-state index in [0.717, 1.165) is 44.5 Å². The van der Waals surface area contributed by atoms with Gasteiger partial charge in [0.15, 0.2) is 17.5 Å². The van der Waals surface area contributed by atoms with Gasteiger partial charge in [0.2, 0.25) is 0 Å². The molecule has 3 heterocycles. The molecule has 0 aliphatic heterocycles. The Hall–Kier alpha value is -7.21. The van der Waals surface area contributed by atoms with Crippen LogP contribution in [0, 0.1) is 0 Å². The zero-order chi connectivity index (χ0) is 37.0. The first kappa shape index (κ1) is 32.2. The van der Waals surface area contributed by atoms with Crippen LogP contribution in [0.1, 0.15) is 0 Å². The summed E-state index contributed by atoms with van der Waals surface area (Å²) in [5.41, 5.74) is 11.0. The number of hydrogen-bond donors (Lipinski definition) is 0. The number of aromatic nitrogens is 4. The van der Waals surface area contributed by atoms with Crippen molar-refractivity contribution in [1.29, 1.82) is 0 Å². The molecule has 11 rings (SSSR count). The fourth-order valence-corrected chi connectivity index (χ4v) is 9.32. The van der Waals surface area contributed by atoms with Crippen molar-refractivity contribution < 1.29 is 0 Å². The van der Waals surface area contributed by atoms with E-state index in [-0.39, 0.29) is 0 Å². The minimum atomic E-state index is 0.639. The molecule has 0 amide bonds. The summed E-state index contributed by atoms with van der Waals surface area (Å²) >= 11 is 1.81. The fraction of sp³-hybridized carbons (Fsp3) is 0. The zero-order valence-corrected chi connectivity index (χ0v) is 31.0. The Kier molecular flexibility index (Phi) is 7.64. The van der Waals surface area contributed by atoms with Crippen LogP contribution in [0.15, 0.2) is 194 Å². The van der Waals surface area contributed by atoms with E-state index < -0.39 is 0 Å². The highest BCUT2D eigenvalue weighted by atomic mass is 32.1. The second-order valence-corrected chi connectivity index (χ2v) is 15.0. The molecule has 0 N–H and O–H groups in total. The van der Waals surface area contributed by atoms with Gasteiger partial charge in [-0.2, -0.15) is 0 Å². The van der Waals surface area contributed by atoms with E-state index in [4.69, 9.17) is 15.0 Å². The number of nitrogens with zero attached hydrogens (tertiary/aromatic N) is 4. The summed E-state index contributed by atoms with van der Waals surface area (Å²) in [4.78, 5) is 15.6. The maximum atomic E-state index is 5.28. The molecule has 0 bridgehead atoms. The zero-order valence-electron chi connectivity index (χ0n) is 30.2. The highest BCUT2D eigenvalue weighted by Crippen LogP contribution is 2.46. The van der Waals surface area contributed by atoms with Crippen LogP contribution in [0.5, 0.6) is 0 Å². The maximum Gasteiger partial charge on any atom is 0.164 e. The molecule has 0 atom stereocenters. The summed E-state index contributed by atoms with van der Waals surface area (Å²) in [6.07, 6.45) is 0. The van der Waals surface area contributed by atoms with Crippen molar-refractivity contribution in [3.8, 4) is 62.1 Å². The fourth-order valence-electron chi connectivity index (χ4n) is 8.17. The van der Waals surface area contributed by atoms with Gasteiger partial charge in [-0.3, -0.25) is 0 Å². The van der Waals surface area contributed by atoms with Crippen molar-refractivity contribution in [1.82, 2.24) is 19.5 Å². The van der Waals surface area contributed by atoms with Crippen LogP contribution in [0.25, 0.3) is 104 Å². The lowest BCUT2D eigenvalue weighted by Crippen LogP contribution is -2.00. The minimum Gasteiger partial charge on any atom is -0.309 e. The van der Waals surface area contributed by atoms with Gasteiger partial charge in [0.05, 0.1) is 16.7 Å². The van der Waals surface area contributed by atoms with E-state index in [1.165, 1.54) is 42.2 Å². The average molecular weight is 733 g/mol. The van der Waals surface area contributed by atoms with Crippen LogP contribution in [0.2, 0.25) is 0 Å². The molecule has 56 heavy (non-hydrogen) atoms. The summed E-state index contributed by atoms with van der Waals surface area (Å²) in [5, 5.41) is 4.84. The van der Waals surface area contributed by atoms with Crippen LogP contribution in [0.4, 0.5) is 0 Å². The van der Waals surface area contributed by atoms with Gasteiger partial charge in [0.25, 0.3) is 0 Å². The van der Waals surface area contributed by atoms with Crippen molar-refractivity contribution in [2.75, 3.05) is 0 Å². The lowest BCUT2D eigenvalue weighted by molar-refractivity contribution is 1.08. The first-order valence-electron chi connectivity index (χ1n) is 18.8. The summed E-state index contributed by atoms with van der Waals surface area (Å²) in [7, 11) is 0. The molecule has 0 saturated heterocycles. The van der Waals surface area contributed by atoms with Gasteiger partial charge in [-0.05, 0) is 53.1 Å². The molecule has 0 aliphatic rings. The maximum absolute atomic E-state index is 5.28. The van der Waals surface area contributed by atoms with E-state index in [2.05, 4.69) is 174 Å². The van der Waals surface area contributed by atoms with E-state index in [9.17, 15) is 0 Å². The van der Waals surface area contributed by atoms with E-state index in [1.807, 2.05) is 35.6 Å². The van der Waals surface area contributed by atoms with Crippen molar-refractivity contribution in [2.45, 2.75) is 0 Å². The normalized spacial score (nSPS) is 11.6. The van der Waals surface area contributed by atoms with Crippen LogP contribution in [-0.4, -0.2) is 19.5 Å². The summed E-state index contributed by atoms with van der Waals surface area (Å²) in [5.74, 6) is 1.93. The van der Waals surface area contributed by atoms with E-state index >= 15 is 0 Å². The predicted molar refractivity (Wildman–Crippen MR) is 234 cm³/mol. The third-order valence-electron chi connectivity index (χ3n) is 10.7. The number of hydrogen-bond acceptors (Lipinski definition) is 4. The average Bonchev–Trinajstić information content (AvgIpc) is 3.83. The molecule has 0 unspecified atom stereocenters. The molecule has 3 aromatic heterocycles. The van der Waals surface area contributed by atoms with Crippen LogP contribution >= 0.6 is 11.3 Å². The Labute approximate surface area is 327 Å². The van der Waals surface area contributed by atoms with Gasteiger partial charge >= 0.3 is 0 Å². The Bertz CT molecular complexity index is 3200. The smallest absolute Gasteiger partial charge is 0.164 e. The molecular weight excluding hydrogens is 701 g/mol. The SMILES string of the molecule is c1ccc(-c2cccc(-c3nc(-c4ccccc4)nc(-c4cccc5sc6cccc(-c7ccccc7-n7c8ccccc8c8ccccc87)c6c45)n3)c2)cc1. The Morgan fingerprint density at radius 3 is 1.54 bits per heavy atom. The Morgan fingerprint density at radius 2 is 0.821 bits per heavy atom. The quantitative estimate of drug-likeness (QED) is 0.171. The number of para-hydroxylation sites is 3. The van der Waals surface area contributed by atoms with Gasteiger partial charge in [0, 0.05) is 53.2 Å². The van der Waals surface area contributed by atoms with Crippen molar-refractivity contribution >= 4 is 53.3 Å². The van der Waals surface area contributed by atoms with Gasteiger partial charge in [-0.1, -0.05) is 158 Å². The molecule has 0 spiro atoms. The van der Waals surface area contributed by atoms with Gasteiger partial charge in [-0.15, -0.1) is 11.3 Å². The van der Waals surface area contributed by atoms with Gasteiger partial charge < -0.3 is 4.57 Å². The Balaban J connectivity index is 1.16. The van der Waals surface area contributed by atoms with Crippen LogP contribution < -0.4 is 0 Å². The third-order valence-corrected chi connectivity index (χ3v) is 11.8. The monoisotopic (exact) mass is 732 g/mol. The predicted octanol–water partition coefficient (Wildman–Crippen LogP) is 13.7. The van der Waals surface area contributed by atoms with Crippen LogP contribution in [-0.2, 0) is 0 Å². The second-order valence-electron chi connectivity index (χ2n) is 14.0. The van der Waals surface area contributed by atoms with Gasteiger partial charge in [-0.25, -0.2) is 15.0 Å². The standard InChI is InChI=1S/C51H32N4S/c1-3-16-33(17-4-1)35-20-13-21-36(32-35)50-52-49(34-18-5-2-6-19-34)53-51(54-50)41-26-15-31-46-48(41)47-40(25-14-30-45(47)56-46)39-24-9-12-29-44(39)55-42-27-10-7-22-37(42)38-23-8-11-28-43(38)55/h1-32H. The van der Waals surface area contributed by atoms with Crippen molar-refractivity contribution in [2.24, 2.45) is 0 Å². The summed E-state index contributed by atoms with van der Waals surface area (Å²) < 4.78 is 4.83. The molecule has 0 aliphatic carbocycles. The molecule has 262 valence electrons. The molecular formula is C51H32N4S. The lowest BCUT2D eigenvalue weighted by atomic mass is 9.95. The van der Waals surface area contributed by atoms with E-state index in [1.54, 1.807) is 0 Å². The first-order valence-corrected chi connectivity index (χ1v) is 19.6. The highest BCUT2D eigenvalue weighted by molar-refractivity contribution is 7.26. The van der Waals surface area contributed by atoms with Gasteiger partial charge in [0.1, 0.15) is 0 Å². The lowest BCUT2D eigenvalue weighted by Gasteiger charge is -2.15. The number of rotatable bonds is 6. The highest BCUT2D eigenvalue weighted by Gasteiger charge is 2.21. The molecule has 8 aromatic carbocycles. The largest absolute Gasteiger partial charge is 0.309 e. The molecule has 5 heteroatoms. The third kappa shape index (κ3) is 5.32. The second kappa shape index (κ2) is 13.3. The molecule has 0 radical (unpaired) electrons. The Morgan fingerprint density at radius 1 is 0.339 bits per heavy atom. The van der Waals surface area contributed by atoms with E-state index in [0.29, 0.717) is 17.5 Å². The molecule has 4 nitrogen and oxygen atoms in total.